The molecule has 80 valence electrons. The average Bonchev–Trinajstić information content (AvgIpc) is 2.76. The standard InChI is InChI=1S/C13H9FO2/c14-12-5-2-10(3-6-12)1-4-11-7-8-16-13(11)9-15/h1-9H/b4-1+. The Morgan fingerprint density at radius 3 is 2.50 bits per heavy atom. The number of carbonyl (C=O) groups excluding carboxylic acids is 1. The van der Waals surface area contributed by atoms with Gasteiger partial charge in [0, 0.05) is 5.56 Å². The molecule has 0 aliphatic rings. The van der Waals surface area contributed by atoms with E-state index in [9.17, 15) is 9.18 Å². The summed E-state index contributed by atoms with van der Waals surface area (Å²) < 4.78 is 17.6. The van der Waals surface area contributed by atoms with E-state index >= 15 is 0 Å². The highest BCUT2D eigenvalue weighted by Crippen LogP contribution is 2.13. The number of halogens is 1. The summed E-state index contributed by atoms with van der Waals surface area (Å²) in [7, 11) is 0. The van der Waals surface area contributed by atoms with Gasteiger partial charge in [-0.15, -0.1) is 0 Å². The van der Waals surface area contributed by atoms with Gasteiger partial charge in [-0.1, -0.05) is 24.3 Å². The highest BCUT2D eigenvalue weighted by Gasteiger charge is 2.00. The Bertz CT molecular complexity index is 509. The molecule has 2 aromatic rings. The van der Waals surface area contributed by atoms with Crippen molar-refractivity contribution in [1.29, 1.82) is 0 Å². The average molecular weight is 216 g/mol. The molecule has 0 amide bonds. The van der Waals surface area contributed by atoms with Crippen LogP contribution < -0.4 is 0 Å². The number of hydrogen-bond acceptors (Lipinski definition) is 2. The Kier molecular flexibility index (Phi) is 2.96. The molecule has 2 nitrogen and oxygen atoms in total. The van der Waals surface area contributed by atoms with Crippen LogP contribution in [0, 0.1) is 5.82 Å². The van der Waals surface area contributed by atoms with Crippen LogP contribution in [-0.2, 0) is 0 Å². The molecule has 1 aromatic heterocycles. The zero-order valence-electron chi connectivity index (χ0n) is 8.39. The minimum atomic E-state index is -0.269. The molecule has 0 spiro atoms. The second-order valence-electron chi connectivity index (χ2n) is 3.24. The Morgan fingerprint density at radius 1 is 1.06 bits per heavy atom. The Labute approximate surface area is 92.0 Å². The van der Waals surface area contributed by atoms with Gasteiger partial charge in [-0.25, -0.2) is 4.39 Å². The van der Waals surface area contributed by atoms with Crippen molar-refractivity contribution in [2.75, 3.05) is 0 Å². The first kappa shape index (κ1) is 10.4. The molecule has 0 aliphatic carbocycles. The van der Waals surface area contributed by atoms with E-state index < -0.39 is 0 Å². The first-order chi connectivity index (χ1) is 7.79. The smallest absolute Gasteiger partial charge is 0.185 e. The van der Waals surface area contributed by atoms with Crippen LogP contribution in [0.3, 0.4) is 0 Å². The SMILES string of the molecule is O=Cc1occc1/C=C/c1ccc(F)cc1. The van der Waals surface area contributed by atoms with E-state index in [0.29, 0.717) is 17.6 Å². The van der Waals surface area contributed by atoms with Crippen molar-refractivity contribution < 1.29 is 13.6 Å². The summed E-state index contributed by atoms with van der Waals surface area (Å²) in [5, 5.41) is 0. The normalized spacial score (nSPS) is 10.8. The first-order valence-electron chi connectivity index (χ1n) is 4.76. The van der Waals surface area contributed by atoms with Crippen LogP contribution in [0.25, 0.3) is 12.2 Å². The highest BCUT2D eigenvalue weighted by atomic mass is 19.1. The summed E-state index contributed by atoms with van der Waals surface area (Å²) in [6, 6.07) is 7.79. The summed E-state index contributed by atoms with van der Waals surface area (Å²) in [5.74, 6) is 0.0207. The molecule has 0 aliphatic heterocycles. The van der Waals surface area contributed by atoms with Crippen molar-refractivity contribution in [3.8, 4) is 0 Å². The van der Waals surface area contributed by atoms with Crippen molar-refractivity contribution in [3.63, 3.8) is 0 Å². The number of benzene rings is 1. The number of hydrogen-bond donors (Lipinski definition) is 0. The number of rotatable bonds is 3. The summed E-state index contributed by atoms with van der Waals surface area (Å²) in [6.45, 7) is 0. The summed E-state index contributed by atoms with van der Waals surface area (Å²) in [4.78, 5) is 10.6. The molecule has 0 saturated heterocycles. The molecule has 0 unspecified atom stereocenters. The quantitative estimate of drug-likeness (QED) is 0.736. The molecule has 1 aromatic carbocycles. The van der Waals surface area contributed by atoms with Gasteiger partial charge < -0.3 is 4.42 Å². The van der Waals surface area contributed by atoms with E-state index in [1.54, 1.807) is 30.4 Å². The van der Waals surface area contributed by atoms with Gasteiger partial charge in [-0.3, -0.25) is 4.79 Å². The van der Waals surface area contributed by atoms with Crippen molar-refractivity contribution in [3.05, 3.63) is 59.3 Å². The van der Waals surface area contributed by atoms with Gasteiger partial charge >= 0.3 is 0 Å². The molecule has 0 bridgehead atoms. The molecule has 2 rings (SSSR count). The zero-order chi connectivity index (χ0) is 11.4. The van der Waals surface area contributed by atoms with Gasteiger partial charge in [0.1, 0.15) is 5.82 Å². The van der Waals surface area contributed by atoms with E-state index in [-0.39, 0.29) is 5.82 Å². The predicted molar refractivity (Wildman–Crippen MR) is 59.4 cm³/mol. The van der Waals surface area contributed by atoms with Gasteiger partial charge in [0.2, 0.25) is 0 Å². The lowest BCUT2D eigenvalue weighted by Crippen LogP contribution is -1.78. The second-order valence-corrected chi connectivity index (χ2v) is 3.24. The molecule has 0 N–H and O–H groups in total. The van der Waals surface area contributed by atoms with Gasteiger partial charge in [-0.2, -0.15) is 0 Å². The van der Waals surface area contributed by atoms with Crippen LogP contribution in [0.2, 0.25) is 0 Å². The third-order valence-electron chi connectivity index (χ3n) is 2.16. The largest absolute Gasteiger partial charge is 0.461 e. The Hall–Kier alpha value is -2.16. The fraction of sp³-hybridized carbons (Fsp3) is 0. The van der Waals surface area contributed by atoms with Crippen LogP contribution >= 0.6 is 0 Å². The van der Waals surface area contributed by atoms with E-state index in [0.717, 1.165) is 5.56 Å². The molecule has 0 fully saturated rings. The lowest BCUT2D eigenvalue weighted by molar-refractivity contribution is 0.110. The maximum Gasteiger partial charge on any atom is 0.185 e. The van der Waals surface area contributed by atoms with Crippen molar-refractivity contribution in [1.82, 2.24) is 0 Å². The number of furan rings is 1. The molecule has 0 saturated carbocycles. The maximum atomic E-state index is 12.6. The summed E-state index contributed by atoms with van der Waals surface area (Å²) in [5.41, 5.74) is 1.57. The zero-order valence-corrected chi connectivity index (χ0v) is 8.39. The minimum absolute atomic E-state index is 0.269. The molecule has 16 heavy (non-hydrogen) atoms. The number of carbonyl (C=O) groups is 1. The van der Waals surface area contributed by atoms with Gasteiger partial charge in [-0.05, 0) is 23.8 Å². The maximum absolute atomic E-state index is 12.6. The van der Waals surface area contributed by atoms with Gasteiger partial charge in [0.15, 0.2) is 12.0 Å². The molecule has 0 radical (unpaired) electrons. The fourth-order valence-corrected chi connectivity index (χ4v) is 1.32. The van der Waals surface area contributed by atoms with E-state index in [1.807, 2.05) is 0 Å². The Morgan fingerprint density at radius 2 is 1.81 bits per heavy atom. The Balaban J connectivity index is 2.21. The van der Waals surface area contributed by atoms with Crippen molar-refractivity contribution in [2.24, 2.45) is 0 Å². The van der Waals surface area contributed by atoms with E-state index in [4.69, 9.17) is 4.42 Å². The minimum Gasteiger partial charge on any atom is -0.461 e. The van der Waals surface area contributed by atoms with Crippen LogP contribution in [0.15, 0.2) is 41.0 Å². The van der Waals surface area contributed by atoms with Crippen LogP contribution in [0.1, 0.15) is 21.7 Å². The third-order valence-corrected chi connectivity index (χ3v) is 2.16. The number of aldehydes is 1. The lowest BCUT2D eigenvalue weighted by Gasteiger charge is -1.92. The summed E-state index contributed by atoms with van der Waals surface area (Å²) >= 11 is 0. The van der Waals surface area contributed by atoms with Crippen molar-refractivity contribution in [2.45, 2.75) is 0 Å². The van der Waals surface area contributed by atoms with Gasteiger partial charge in [0.05, 0.1) is 6.26 Å². The van der Waals surface area contributed by atoms with Crippen LogP contribution in [-0.4, -0.2) is 6.29 Å². The molecule has 3 heteroatoms. The topological polar surface area (TPSA) is 30.2 Å². The highest BCUT2D eigenvalue weighted by molar-refractivity contribution is 5.81. The van der Waals surface area contributed by atoms with Crippen molar-refractivity contribution >= 4 is 18.4 Å². The molecule has 1 heterocycles. The molecule has 0 atom stereocenters. The van der Waals surface area contributed by atoms with Crippen LogP contribution in [0.5, 0.6) is 0 Å². The lowest BCUT2D eigenvalue weighted by atomic mass is 10.1. The third kappa shape index (κ3) is 2.25. The van der Waals surface area contributed by atoms with E-state index in [1.165, 1.54) is 18.4 Å². The van der Waals surface area contributed by atoms with Gasteiger partial charge in [0.25, 0.3) is 0 Å². The summed E-state index contributed by atoms with van der Waals surface area (Å²) in [6.07, 6.45) is 5.65. The first-order valence-corrected chi connectivity index (χ1v) is 4.76. The monoisotopic (exact) mass is 216 g/mol. The molecular weight excluding hydrogens is 207 g/mol. The second kappa shape index (κ2) is 4.57. The van der Waals surface area contributed by atoms with Crippen LogP contribution in [0.4, 0.5) is 4.39 Å². The molecular formula is C13H9FO2. The predicted octanol–water partition coefficient (Wildman–Crippen LogP) is 3.40. The van der Waals surface area contributed by atoms with E-state index in [2.05, 4.69) is 0 Å². The fourth-order valence-electron chi connectivity index (χ4n) is 1.32.